The van der Waals surface area contributed by atoms with E-state index in [9.17, 15) is 0 Å². The molecular weight excluding hydrogens is 312 g/mol. The van der Waals surface area contributed by atoms with Gasteiger partial charge in [0.2, 0.25) is 0 Å². The van der Waals surface area contributed by atoms with Gasteiger partial charge in [0.1, 0.15) is 0 Å². The normalized spacial score (nSPS) is 20.7. The Morgan fingerprint density at radius 1 is 1.04 bits per heavy atom. The van der Waals surface area contributed by atoms with E-state index >= 15 is 0 Å². The summed E-state index contributed by atoms with van der Waals surface area (Å²) in [5, 5.41) is 13.0. The first-order valence-electron chi connectivity index (χ1n) is 7.40. The van der Waals surface area contributed by atoms with Gasteiger partial charge in [-0.2, -0.15) is 4.68 Å². The number of hydrogen-bond acceptors (Lipinski definition) is 5. The summed E-state index contributed by atoms with van der Waals surface area (Å²) < 4.78 is 1.79. The molecule has 0 radical (unpaired) electrons. The first kappa shape index (κ1) is 14.3. The molecule has 2 aromatic carbocycles. The lowest BCUT2D eigenvalue weighted by Gasteiger charge is -2.18. The average molecular weight is 327 g/mol. The fourth-order valence-electron chi connectivity index (χ4n) is 2.90. The van der Waals surface area contributed by atoms with Crippen LogP contribution in [-0.4, -0.2) is 26.8 Å². The van der Waals surface area contributed by atoms with Gasteiger partial charge >= 0.3 is 0 Å². The number of halogens is 1. The molecule has 23 heavy (non-hydrogen) atoms. The predicted molar refractivity (Wildman–Crippen MR) is 87.2 cm³/mol. The van der Waals surface area contributed by atoms with E-state index in [0.29, 0.717) is 0 Å². The maximum atomic E-state index is 5.99. The van der Waals surface area contributed by atoms with Crippen molar-refractivity contribution in [2.24, 2.45) is 0 Å². The summed E-state index contributed by atoms with van der Waals surface area (Å²) in [5.41, 5.74) is 8.62. The predicted octanol–water partition coefficient (Wildman–Crippen LogP) is 2.25. The van der Waals surface area contributed by atoms with E-state index in [0.717, 1.165) is 28.6 Å². The zero-order valence-electron chi connectivity index (χ0n) is 12.2. The number of nitrogens with one attached hydrogen (secondary N) is 2. The van der Waals surface area contributed by atoms with Gasteiger partial charge in [-0.25, -0.2) is 5.43 Å². The van der Waals surface area contributed by atoms with Crippen molar-refractivity contribution < 1.29 is 0 Å². The van der Waals surface area contributed by atoms with Crippen molar-refractivity contribution in [2.45, 2.75) is 12.0 Å². The molecule has 1 aliphatic heterocycles. The molecule has 3 aromatic rings. The Balaban J connectivity index is 1.70. The van der Waals surface area contributed by atoms with Crippen LogP contribution < -0.4 is 10.9 Å². The quantitative estimate of drug-likeness (QED) is 0.772. The van der Waals surface area contributed by atoms with E-state index in [4.69, 9.17) is 11.6 Å². The molecule has 1 fully saturated rings. The molecule has 2 atom stereocenters. The Bertz CT molecular complexity index is 786. The maximum absolute atomic E-state index is 5.99. The molecule has 4 rings (SSSR count). The number of hydrogen-bond donors (Lipinski definition) is 2. The molecule has 1 aromatic heterocycles. The van der Waals surface area contributed by atoms with Crippen molar-refractivity contribution in [3.63, 3.8) is 0 Å². The molecule has 6 nitrogen and oxygen atoms in total. The molecule has 7 heteroatoms. The van der Waals surface area contributed by atoms with Crippen molar-refractivity contribution in [2.75, 3.05) is 6.54 Å². The number of rotatable bonds is 3. The van der Waals surface area contributed by atoms with Crippen LogP contribution in [0, 0.1) is 0 Å². The van der Waals surface area contributed by atoms with E-state index in [1.807, 2.05) is 54.6 Å². The van der Waals surface area contributed by atoms with Crippen LogP contribution in [0.3, 0.4) is 0 Å². The SMILES string of the molecule is Clc1ccc(C2NNCC2c2nnnn2-c2ccccc2)cc1. The van der Waals surface area contributed by atoms with Crippen LogP contribution in [0.1, 0.15) is 23.3 Å². The van der Waals surface area contributed by atoms with Crippen LogP contribution in [-0.2, 0) is 0 Å². The van der Waals surface area contributed by atoms with E-state index < -0.39 is 0 Å². The van der Waals surface area contributed by atoms with Crippen LogP contribution >= 0.6 is 11.6 Å². The van der Waals surface area contributed by atoms with Crippen molar-refractivity contribution in [1.82, 2.24) is 31.1 Å². The minimum atomic E-state index is 0.0840. The largest absolute Gasteiger partial charge is 0.256 e. The van der Waals surface area contributed by atoms with Crippen molar-refractivity contribution in [3.05, 3.63) is 71.0 Å². The Kier molecular flexibility index (Phi) is 3.78. The minimum Gasteiger partial charge on any atom is -0.256 e. The molecule has 0 amide bonds. The molecule has 1 saturated heterocycles. The first-order valence-corrected chi connectivity index (χ1v) is 7.78. The van der Waals surface area contributed by atoms with Gasteiger partial charge in [-0.15, -0.1) is 5.10 Å². The van der Waals surface area contributed by atoms with Crippen LogP contribution in [0.25, 0.3) is 5.69 Å². The van der Waals surface area contributed by atoms with Gasteiger partial charge in [-0.05, 0) is 40.3 Å². The van der Waals surface area contributed by atoms with Gasteiger partial charge in [0.15, 0.2) is 5.82 Å². The number of aromatic nitrogens is 4. The average Bonchev–Trinajstić information content (AvgIpc) is 3.25. The summed E-state index contributed by atoms with van der Waals surface area (Å²) in [6.07, 6.45) is 0. The highest BCUT2D eigenvalue weighted by Crippen LogP contribution is 2.33. The lowest BCUT2D eigenvalue weighted by Crippen LogP contribution is -2.25. The second-order valence-corrected chi connectivity index (χ2v) is 5.88. The molecule has 2 unspecified atom stereocenters. The van der Waals surface area contributed by atoms with Gasteiger partial charge in [-0.3, -0.25) is 5.43 Å². The van der Waals surface area contributed by atoms with E-state index in [2.05, 4.69) is 26.4 Å². The zero-order valence-corrected chi connectivity index (χ0v) is 13.0. The summed E-state index contributed by atoms with van der Waals surface area (Å²) in [4.78, 5) is 0. The lowest BCUT2D eigenvalue weighted by molar-refractivity contribution is 0.533. The highest BCUT2D eigenvalue weighted by atomic mass is 35.5. The van der Waals surface area contributed by atoms with Gasteiger partial charge in [0.05, 0.1) is 17.6 Å². The van der Waals surface area contributed by atoms with Crippen molar-refractivity contribution in [3.8, 4) is 5.69 Å². The summed E-state index contributed by atoms with van der Waals surface area (Å²) >= 11 is 5.99. The van der Waals surface area contributed by atoms with Crippen molar-refractivity contribution >= 4 is 11.6 Å². The number of hydrazine groups is 1. The van der Waals surface area contributed by atoms with Crippen LogP contribution in [0.2, 0.25) is 5.02 Å². The lowest BCUT2D eigenvalue weighted by atomic mass is 9.94. The summed E-state index contributed by atoms with van der Waals surface area (Å²) in [5.74, 6) is 0.944. The fraction of sp³-hybridized carbons (Fsp3) is 0.188. The molecule has 0 saturated carbocycles. The minimum absolute atomic E-state index is 0.0840. The second-order valence-electron chi connectivity index (χ2n) is 5.45. The molecule has 2 N–H and O–H groups in total. The van der Waals surface area contributed by atoms with Gasteiger partial charge in [0.25, 0.3) is 0 Å². The second kappa shape index (κ2) is 6.08. The van der Waals surface area contributed by atoms with Gasteiger partial charge in [-0.1, -0.05) is 41.9 Å². The third-order valence-corrected chi connectivity index (χ3v) is 4.29. The highest BCUT2D eigenvalue weighted by molar-refractivity contribution is 6.30. The molecular formula is C16H15ClN6. The molecule has 1 aliphatic rings. The molecule has 0 spiro atoms. The number of benzene rings is 2. The fourth-order valence-corrected chi connectivity index (χ4v) is 3.03. The summed E-state index contributed by atoms with van der Waals surface area (Å²) in [6.45, 7) is 0.750. The maximum Gasteiger partial charge on any atom is 0.163 e. The zero-order chi connectivity index (χ0) is 15.6. The Morgan fingerprint density at radius 3 is 2.61 bits per heavy atom. The van der Waals surface area contributed by atoms with Crippen LogP contribution in [0.4, 0.5) is 0 Å². The first-order chi connectivity index (χ1) is 11.3. The van der Waals surface area contributed by atoms with Crippen molar-refractivity contribution in [1.29, 1.82) is 0 Å². The summed E-state index contributed by atoms with van der Waals surface area (Å²) in [7, 11) is 0. The highest BCUT2D eigenvalue weighted by Gasteiger charge is 2.34. The van der Waals surface area contributed by atoms with Crippen LogP contribution in [0.5, 0.6) is 0 Å². The third-order valence-electron chi connectivity index (χ3n) is 4.04. The third kappa shape index (κ3) is 2.72. The van der Waals surface area contributed by atoms with E-state index in [1.165, 1.54) is 0 Å². The molecule has 116 valence electrons. The van der Waals surface area contributed by atoms with E-state index in [1.54, 1.807) is 4.68 Å². The van der Waals surface area contributed by atoms with Gasteiger partial charge in [0, 0.05) is 11.6 Å². The monoisotopic (exact) mass is 326 g/mol. The number of para-hydroxylation sites is 1. The number of tetrazole rings is 1. The molecule has 0 aliphatic carbocycles. The smallest absolute Gasteiger partial charge is 0.163 e. The Morgan fingerprint density at radius 2 is 1.83 bits per heavy atom. The molecule has 0 bridgehead atoms. The number of nitrogens with zero attached hydrogens (tertiary/aromatic N) is 4. The summed E-state index contributed by atoms with van der Waals surface area (Å²) in [6, 6.07) is 17.8. The Hall–Kier alpha value is -2.28. The standard InChI is InChI=1S/C16H15ClN6/c17-12-8-6-11(7-9-12)15-14(10-18-19-15)16-20-21-22-23(16)13-4-2-1-3-5-13/h1-9,14-15,18-19H,10H2. The topological polar surface area (TPSA) is 67.7 Å². The van der Waals surface area contributed by atoms with Crippen LogP contribution in [0.15, 0.2) is 54.6 Å². The van der Waals surface area contributed by atoms with E-state index in [-0.39, 0.29) is 12.0 Å². The molecule has 2 heterocycles. The Labute approximate surface area is 138 Å². The van der Waals surface area contributed by atoms with Gasteiger partial charge < -0.3 is 0 Å².